The lowest BCUT2D eigenvalue weighted by atomic mass is 10.1. The van der Waals surface area contributed by atoms with Crippen LogP contribution < -0.4 is 14.4 Å². The van der Waals surface area contributed by atoms with Crippen molar-refractivity contribution in [3.63, 3.8) is 0 Å². The Hall–Kier alpha value is -3.21. The number of nitrogens with one attached hydrogen (secondary N) is 1. The zero-order chi connectivity index (χ0) is 28.5. The van der Waals surface area contributed by atoms with Crippen LogP contribution in [0.3, 0.4) is 0 Å². The number of ether oxygens (including phenoxy) is 1. The maximum atomic E-state index is 13.8. The zero-order valence-electron chi connectivity index (χ0n) is 22.5. The summed E-state index contributed by atoms with van der Waals surface area (Å²) in [4.78, 5) is 28.0. The average Bonchev–Trinajstić information content (AvgIpc) is 2.86. The number of nitrogens with zero attached hydrogens (tertiary/aromatic N) is 2. The Bertz CT molecular complexity index is 1210. The van der Waals surface area contributed by atoms with E-state index in [-0.39, 0.29) is 49.4 Å². The van der Waals surface area contributed by atoms with Crippen LogP contribution in [0.1, 0.15) is 45.6 Å². The molecule has 210 valence electrons. The normalized spacial score (nSPS) is 12.2. The highest BCUT2D eigenvalue weighted by Crippen LogP contribution is 2.22. The highest BCUT2D eigenvalue weighted by Gasteiger charge is 2.29. The summed E-state index contributed by atoms with van der Waals surface area (Å²) in [5.74, 6) is -2.02. The summed E-state index contributed by atoms with van der Waals surface area (Å²) in [5.41, 5.74) is 0.735. The number of benzene rings is 2. The lowest BCUT2D eigenvalue weighted by Gasteiger charge is -2.31. The van der Waals surface area contributed by atoms with Crippen molar-refractivity contribution < 1.29 is 31.5 Å². The van der Waals surface area contributed by atoms with Crippen LogP contribution in [0, 0.1) is 17.6 Å². The molecule has 2 aromatic carbocycles. The first kappa shape index (κ1) is 31.0. The molecule has 0 aliphatic carbocycles. The van der Waals surface area contributed by atoms with Crippen LogP contribution in [0.5, 0.6) is 5.75 Å². The minimum absolute atomic E-state index is 0.0356. The number of hydrogen-bond acceptors (Lipinski definition) is 5. The molecule has 1 N–H and O–H groups in total. The number of rotatable bonds is 14. The molecule has 0 heterocycles. The van der Waals surface area contributed by atoms with Gasteiger partial charge in [0.05, 0.1) is 19.1 Å². The number of amides is 2. The first-order valence-corrected chi connectivity index (χ1v) is 14.3. The van der Waals surface area contributed by atoms with Gasteiger partial charge in [0, 0.05) is 32.1 Å². The van der Waals surface area contributed by atoms with Crippen molar-refractivity contribution in [2.45, 2.75) is 52.6 Å². The van der Waals surface area contributed by atoms with Crippen LogP contribution in [-0.2, 0) is 26.2 Å². The fourth-order valence-electron chi connectivity index (χ4n) is 3.95. The zero-order valence-corrected chi connectivity index (χ0v) is 23.4. The summed E-state index contributed by atoms with van der Waals surface area (Å²) in [7, 11) is -2.29. The summed E-state index contributed by atoms with van der Waals surface area (Å²) in [5, 5.41) is 2.89. The SMILES string of the molecule is CC[C@H](C(=O)NCC(C)C)N(Cc1cccc(OC)c1)C(=O)CCCN(c1ccc(F)c(F)c1)S(C)(=O)=O. The summed E-state index contributed by atoms with van der Waals surface area (Å²) in [6.45, 7) is 6.26. The van der Waals surface area contributed by atoms with Gasteiger partial charge in [-0.05, 0) is 48.6 Å². The highest BCUT2D eigenvalue weighted by atomic mass is 32.2. The predicted molar refractivity (Wildman–Crippen MR) is 143 cm³/mol. The summed E-state index contributed by atoms with van der Waals surface area (Å²) >= 11 is 0. The molecule has 0 unspecified atom stereocenters. The first-order valence-electron chi connectivity index (χ1n) is 12.5. The molecule has 0 spiro atoms. The van der Waals surface area contributed by atoms with Gasteiger partial charge in [0.25, 0.3) is 0 Å². The molecule has 0 saturated heterocycles. The van der Waals surface area contributed by atoms with E-state index in [4.69, 9.17) is 4.74 Å². The molecule has 0 fully saturated rings. The fourth-order valence-corrected chi connectivity index (χ4v) is 4.91. The van der Waals surface area contributed by atoms with Crippen molar-refractivity contribution >= 4 is 27.5 Å². The maximum Gasteiger partial charge on any atom is 0.242 e. The van der Waals surface area contributed by atoms with Crippen molar-refractivity contribution in [2.24, 2.45) is 5.92 Å². The predicted octanol–water partition coefficient (Wildman–Crippen LogP) is 4.10. The topological polar surface area (TPSA) is 96.0 Å². The van der Waals surface area contributed by atoms with E-state index >= 15 is 0 Å². The van der Waals surface area contributed by atoms with Gasteiger partial charge >= 0.3 is 0 Å². The van der Waals surface area contributed by atoms with Gasteiger partial charge in [0.2, 0.25) is 21.8 Å². The van der Waals surface area contributed by atoms with Crippen LogP contribution >= 0.6 is 0 Å². The van der Waals surface area contributed by atoms with E-state index < -0.39 is 27.7 Å². The molecule has 2 rings (SSSR count). The number of carbonyl (C=O) groups is 2. The van der Waals surface area contributed by atoms with Gasteiger partial charge in [-0.3, -0.25) is 13.9 Å². The Labute approximate surface area is 224 Å². The molecule has 2 aromatic rings. The van der Waals surface area contributed by atoms with Gasteiger partial charge in [-0.25, -0.2) is 17.2 Å². The van der Waals surface area contributed by atoms with Crippen molar-refractivity contribution in [3.05, 3.63) is 59.7 Å². The number of hydrogen-bond donors (Lipinski definition) is 1. The molecular weight excluding hydrogens is 516 g/mol. The molecule has 0 aliphatic rings. The Morgan fingerprint density at radius 2 is 1.79 bits per heavy atom. The number of methoxy groups -OCH3 is 1. The molecule has 0 bridgehead atoms. The third-order valence-electron chi connectivity index (χ3n) is 5.90. The molecule has 2 amide bonds. The van der Waals surface area contributed by atoms with E-state index in [2.05, 4.69) is 5.32 Å². The number of halogens is 2. The van der Waals surface area contributed by atoms with E-state index in [0.29, 0.717) is 18.7 Å². The highest BCUT2D eigenvalue weighted by molar-refractivity contribution is 7.92. The molecule has 38 heavy (non-hydrogen) atoms. The standard InChI is InChI=1S/C27H37F2N3O5S/c1-6-25(27(34)30-17-19(2)3)31(18-20-9-7-10-22(15-20)37-4)26(33)11-8-14-32(38(5,35)36)21-12-13-23(28)24(29)16-21/h7,9-10,12-13,15-16,19,25H,6,8,11,14,17-18H2,1-5H3,(H,30,34)/t25-/m1/s1. The second-order valence-electron chi connectivity index (χ2n) is 9.47. The van der Waals surface area contributed by atoms with Crippen molar-refractivity contribution in [2.75, 3.05) is 30.8 Å². The second-order valence-corrected chi connectivity index (χ2v) is 11.4. The largest absolute Gasteiger partial charge is 0.497 e. The van der Waals surface area contributed by atoms with Crippen LogP contribution in [-0.4, -0.2) is 57.6 Å². The Morgan fingerprint density at radius 1 is 1.08 bits per heavy atom. The fraction of sp³-hybridized carbons (Fsp3) is 0.481. The molecule has 0 radical (unpaired) electrons. The monoisotopic (exact) mass is 553 g/mol. The van der Waals surface area contributed by atoms with Gasteiger partial charge in [-0.15, -0.1) is 0 Å². The van der Waals surface area contributed by atoms with E-state index in [9.17, 15) is 26.8 Å². The minimum Gasteiger partial charge on any atom is -0.497 e. The number of anilines is 1. The third-order valence-corrected chi connectivity index (χ3v) is 7.09. The van der Waals surface area contributed by atoms with Gasteiger partial charge in [-0.1, -0.05) is 32.9 Å². The first-order chi connectivity index (χ1) is 17.9. The smallest absolute Gasteiger partial charge is 0.242 e. The van der Waals surface area contributed by atoms with E-state index in [1.165, 1.54) is 18.1 Å². The Kier molecular flexibility index (Phi) is 11.5. The minimum atomic E-state index is -3.83. The Balaban J connectivity index is 2.25. The second kappa shape index (κ2) is 14.1. The molecular formula is C27H37F2N3O5S. The summed E-state index contributed by atoms with van der Waals surface area (Å²) in [6.07, 6.45) is 1.37. The molecule has 0 aromatic heterocycles. The summed E-state index contributed by atoms with van der Waals surface area (Å²) in [6, 6.07) is 9.28. The lowest BCUT2D eigenvalue weighted by Crippen LogP contribution is -2.49. The van der Waals surface area contributed by atoms with Crippen molar-refractivity contribution in [3.8, 4) is 5.75 Å². The van der Waals surface area contributed by atoms with Gasteiger partial charge < -0.3 is 15.0 Å². The molecule has 1 atom stereocenters. The van der Waals surface area contributed by atoms with E-state index in [1.807, 2.05) is 26.8 Å². The van der Waals surface area contributed by atoms with E-state index in [1.54, 1.807) is 18.2 Å². The molecule has 8 nitrogen and oxygen atoms in total. The van der Waals surface area contributed by atoms with Crippen molar-refractivity contribution in [1.82, 2.24) is 10.2 Å². The van der Waals surface area contributed by atoms with Crippen LogP contribution in [0.4, 0.5) is 14.5 Å². The number of sulfonamides is 1. The third kappa shape index (κ3) is 8.97. The van der Waals surface area contributed by atoms with Gasteiger partial charge in [-0.2, -0.15) is 0 Å². The van der Waals surface area contributed by atoms with Crippen LogP contribution in [0.25, 0.3) is 0 Å². The van der Waals surface area contributed by atoms with Gasteiger partial charge in [0.1, 0.15) is 11.8 Å². The molecule has 0 aliphatic heterocycles. The quantitative estimate of drug-likeness (QED) is 0.380. The average molecular weight is 554 g/mol. The maximum absolute atomic E-state index is 13.8. The number of carbonyl (C=O) groups excluding carboxylic acids is 2. The van der Waals surface area contributed by atoms with Gasteiger partial charge in [0.15, 0.2) is 11.6 Å². The van der Waals surface area contributed by atoms with Crippen molar-refractivity contribution in [1.29, 1.82) is 0 Å². The molecule has 11 heteroatoms. The molecule has 0 saturated carbocycles. The van der Waals surface area contributed by atoms with Crippen LogP contribution in [0.2, 0.25) is 0 Å². The van der Waals surface area contributed by atoms with Crippen LogP contribution in [0.15, 0.2) is 42.5 Å². The van der Waals surface area contributed by atoms with E-state index in [0.717, 1.165) is 28.3 Å². The summed E-state index contributed by atoms with van der Waals surface area (Å²) < 4.78 is 58.1. The lowest BCUT2D eigenvalue weighted by molar-refractivity contribution is -0.141. The Morgan fingerprint density at radius 3 is 2.37 bits per heavy atom.